The highest BCUT2D eigenvalue weighted by atomic mass is 32.2. The smallest absolute Gasteiger partial charge is 0.340 e. The Balaban J connectivity index is 2.51. The van der Waals surface area contributed by atoms with E-state index in [1.807, 2.05) is 0 Å². The summed E-state index contributed by atoms with van der Waals surface area (Å²) < 4.78 is 31.9. The van der Waals surface area contributed by atoms with Crippen LogP contribution in [0.1, 0.15) is 47.6 Å². The van der Waals surface area contributed by atoms with Gasteiger partial charge in [0.1, 0.15) is 22.0 Å². The van der Waals surface area contributed by atoms with Crippen LogP contribution in [-0.2, 0) is 10.0 Å². The van der Waals surface area contributed by atoms with Gasteiger partial charge in [-0.05, 0) is 26.7 Å². The van der Waals surface area contributed by atoms with Crippen molar-refractivity contribution in [3.8, 4) is 0 Å². The van der Waals surface area contributed by atoms with Gasteiger partial charge in [0.05, 0.1) is 0 Å². The number of hydrogen-bond donors (Lipinski definition) is 1. The fourth-order valence-electron chi connectivity index (χ4n) is 2.83. The summed E-state index contributed by atoms with van der Waals surface area (Å²) in [6.45, 7) is 2.94. The minimum atomic E-state index is -3.85. The van der Waals surface area contributed by atoms with Gasteiger partial charge < -0.3 is 9.52 Å². The molecule has 0 saturated heterocycles. The molecule has 1 aliphatic rings. The van der Waals surface area contributed by atoms with Crippen molar-refractivity contribution in [3.63, 3.8) is 0 Å². The number of sulfonamides is 1. The molecule has 1 saturated carbocycles. The summed E-state index contributed by atoms with van der Waals surface area (Å²) in [5, 5.41) is 9.23. The molecule has 0 bridgehead atoms. The maximum Gasteiger partial charge on any atom is 0.340 e. The van der Waals surface area contributed by atoms with Gasteiger partial charge in [-0.1, -0.05) is 12.8 Å². The van der Waals surface area contributed by atoms with Crippen molar-refractivity contribution in [1.82, 2.24) is 4.31 Å². The monoisotopic (exact) mass is 301 g/mol. The molecule has 0 radical (unpaired) electrons. The molecule has 1 aromatic rings. The molecule has 0 spiro atoms. The predicted octanol–water partition coefficient (Wildman–Crippen LogP) is 2.16. The van der Waals surface area contributed by atoms with Crippen molar-refractivity contribution in [1.29, 1.82) is 0 Å². The van der Waals surface area contributed by atoms with Gasteiger partial charge in [-0.15, -0.1) is 0 Å². The minimum absolute atomic E-state index is 0.0590. The second-order valence-corrected chi connectivity index (χ2v) is 7.12. The average molecular weight is 301 g/mol. The molecular formula is C13H19NO5S. The number of aryl methyl sites for hydroxylation is 2. The zero-order valence-corrected chi connectivity index (χ0v) is 12.7. The summed E-state index contributed by atoms with van der Waals surface area (Å²) in [5.74, 6) is -1.03. The summed E-state index contributed by atoms with van der Waals surface area (Å²) in [6, 6.07) is -0.0590. The molecule has 1 aromatic heterocycles. The molecule has 0 unspecified atom stereocenters. The topological polar surface area (TPSA) is 87.8 Å². The first kappa shape index (κ1) is 15.1. The zero-order valence-electron chi connectivity index (χ0n) is 11.8. The van der Waals surface area contributed by atoms with E-state index in [0.717, 1.165) is 25.7 Å². The van der Waals surface area contributed by atoms with Crippen molar-refractivity contribution in [3.05, 3.63) is 17.1 Å². The number of nitrogens with zero attached hydrogens (tertiary/aromatic N) is 1. The van der Waals surface area contributed by atoms with E-state index in [1.165, 1.54) is 25.2 Å². The lowest BCUT2D eigenvalue weighted by molar-refractivity contribution is 0.0691. The number of aromatic carboxylic acids is 1. The number of hydrogen-bond acceptors (Lipinski definition) is 4. The number of carboxylic acid groups (broad SMARTS) is 1. The van der Waals surface area contributed by atoms with E-state index in [2.05, 4.69) is 0 Å². The van der Waals surface area contributed by atoms with Gasteiger partial charge in [0.15, 0.2) is 0 Å². The Hall–Kier alpha value is -1.34. The van der Waals surface area contributed by atoms with Crippen LogP contribution in [0.3, 0.4) is 0 Å². The van der Waals surface area contributed by atoms with Crippen molar-refractivity contribution >= 4 is 16.0 Å². The van der Waals surface area contributed by atoms with E-state index in [9.17, 15) is 18.3 Å². The van der Waals surface area contributed by atoms with Crippen LogP contribution in [0.15, 0.2) is 9.31 Å². The molecule has 0 atom stereocenters. The van der Waals surface area contributed by atoms with Crippen LogP contribution < -0.4 is 0 Å². The molecular weight excluding hydrogens is 282 g/mol. The summed E-state index contributed by atoms with van der Waals surface area (Å²) in [7, 11) is -2.34. The molecule has 0 amide bonds. The van der Waals surface area contributed by atoms with E-state index in [-0.39, 0.29) is 28.0 Å². The van der Waals surface area contributed by atoms with Gasteiger partial charge in [-0.3, -0.25) is 0 Å². The SMILES string of the molecule is Cc1oc(C)c(S(=O)(=O)N(C)C2CCCC2)c1C(=O)O. The van der Waals surface area contributed by atoms with Gasteiger partial charge in [0.25, 0.3) is 0 Å². The molecule has 0 aliphatic heterocycles. The number of carbonyl (C=O) groups is 1. The van der Waals surface area contributed by atoms with Crippen LogP contribution in [-0.4, -0.2) is 36.9 Å². The molecule has 1 fully saturated rings. The second-order valence-electron chi connectivity index (χ2n) is 5.18. The van der Waals surface area contributed by atoms with Crippen LogP contribution >= 0.6 is 0 Å². The van der Waals surface area contributed by atoms with E-state index in [4.69, 9.17) is 4.42 Å². The molecule has 20 heavy (non-hydrogen) atoms. The molecule has 2 rings (SSSR count). The van der Waals surface area contributed by atoms with Crippen molar-refractivity contribution < 1.29 is 22.7 Å². The first-order chi connectivity index (χ1) is 9.26. The lowest BCUT2D eigenvalue weighted by atomic mass is 10.2. The highest BCUT2D eigenvalue weighted by Crippen LogP contribution is 2.32. The first-order valence-electron chi connectivity index (χ1n) is 6.58. The average Bonchev–Trinajstić information content (AvgIpc) is 2.95. The Morgan fingerprint density at radius 1 is 1.25 bits per heavy atom. The van der Waals surface area contributed by atoms with Crippen LogP contribution in [0.4, 0.5) is 0 Å². The highest BCUT2D eigenvalue weighted by molar-refractivity contribution is 7.89. The molecule has 1 aliphatic carbocycles. The summed E-state index contributed by atoms with van der Waals surface area (Å²) in [6.07, 6.45) is 3.63. The lowest BCUT2D eigenvalue weighted by Gasteiger charge is -2.23. The highest BCUT2D eigenvalue weighted by Gasteiger charge is 2.37. The molecule has 7 heteroatoms. The summed E-state index contributed by atoms with van der Waals surface area (Å²) >= 11 is 0. The predicted molar refractivity (Wildman–Crippen MR) is 72.3 cm³/mol. The van der Waals surface area contributed by atoms with Crippen LogP contribution in [0.2, 0.25) is 0 Å². The number of furan rings is 1. The summed E-state index contributed by atoms with van der Waals surface area (Å²) in [5.41, 5.74) is -0.257. The van der Waals surface area contributed by atoms with Gasteiger partial charge in [-0.2, -0.15) is 4.31 Å². The summed E-state index contributed by atoms with van der Waals surface area (Å²) in [4.78, 5) is 11.1. The van der Waals surface area contributed by atoms with E-state index in [1.54, 1.807) is 0 Å². The standard InChI is InChI=1S/C13H19NO5S/c1-8-11(13(15)16)12(9(2)19-8)20(17,18)14(3)10-6-4-5-7-10/h10H,4-7H2,1-3H3,(H,15,16). The maximum absolute atomic E-state index is 12.7. The van der Waals surface area contributed by atoms with Crippen LogP contribution in [0.25, 0.3) is 0 Å². The molecule has 1 heterocycles. The molecule has 1 N–H and O–H groups in total. The Kier molecular flexibility index (Phi) is 3.93. The first-order valence-corrected chi connectivity index (χ1v) is 8.02. The van der Waals surface area contributed by atoms with Crippen molar-refractivity contribution in [2.24, 2.45) is 0 Å². The molecule has 6 nitrogen and oxygen atoms in total. The van der Waals surface area contributed by atoms with Gasteiger partial charge in [0, 0.05) is 13.1 Å². The quantitative estimate of drug-likeness (QED) is 0.920. The Morgan fingerprint density at radius 2 is 1.80 bits per heavy atom. The second kappa shape index (κ2) is 5.21. The maximum atomic E-state index is 12.7. The molecule has 0 aromatic carbocycles. The minimum Gasteiger partial charge on any atom is -0.478 e. The molecule has 112 valence electrons. The Morgan fingerprint density at radius 3 is 2.30 bits per heavy atom. The number of carboxylic acids is 1. The van der Waals surface area contributed by atoms with Crippen LogP contribution in [0.5, 0.6) is 0 Å². The Labute approximate surface area is 118 Å². The fraction of sp³-hybridized carbons (Fsp3) is 0.615. The van der Waals surface area contributed by atoms with Gasteiger partial charge in [0.2, 0.25) is 10.0 Å². The van der Waals surface area contributed by atoms with Crippen molar-refractivity contribution in [2.45, 2.75) is 50.5 Å². The fourth-order valence-corrected chi connectivity index (χ4v) is 4.61. The van der Waals surface area contributed by atoms with Crippen molar-refractivity contribution in [2.75, 3.05) is 7.05 Å². The lowest BCUT2D eigenvalue weighted by Crippen LogP contribution is -2.36. The Bertz CT molecular complexity index is 625. The van der Waals surface area contributed by atoms with Gasteiger partial charge in [-0.25, -0.2) is 13.2 Å². The number of rotatable bonds is 4. The zero-order chi connectivity index (χ0) is 15.1. The third-order valence-electron chi connectivity index (χ3n) is 3.89. The third-order valence-corrected chi connectivity index (χ3v) is 5.96. The van der Waals surface area contributed by atoms with Gasteiger partial charge >= 0.3 is 5.97 Å². The van der Waals surface area contributed by atoms with E-state index in [0.29, 0.717) is 0 Å². The largest absolute Gasteiger partial charge is 0.478 e. The van der Waals surface area contributed by atoms with E-state index < -0.39 is 16.0 Å². The van der Waals surface area contributed by atoms with Crippen LogP contribution in [0, 0.1) is 13.8 Å². The third kappa shape index (κ3) is 2.35. The normalized spacial score (nSPS) is 17.0. The van der Waals surface area contributed by atoms with E-state index >= 15 is 0 Å².